The zero-order chi connectivity index (χ0) is 17.9. The average molecular weight is 334 g/mol. The Labute approximate surface area is 145 Å². The molecule has 0 bridgehead atoms. The number of ether oxygens (including phenoxy) is 1. The van der Waals surface area contributed by atoms with Gasteiger partial charge in [0, 0.05) is 32.6 Å². The fraction of sp³-hybridized carbons (Fsp3) is 0.556. The van der Waals surface area contributed by atoms with E-state index in [1.54, 1.807) is 7.11 Å². The predicted molar refractivity (Wildman–Crippen MR) is 98.3 cm³/mol. The molecule has 0 aliphatic heterocycles. The lowest BCUT2D eigenvalue weighted by molar-refractivity contribution is -0.121. The first-order valence-electron chi connectivity index (χ1n) is 8.38. The SMILES string of the molecule is CCNC(=NCCC(=O)NC(C)C)N(C)Cc1ccc(OC)cc1. The molecule has 0 atom stereocenters. The van der Waals surface area contributed by atoms with Crippen molar-refractivity contribution in [1.82, 2.24) is 15.5 Å². The van der Waals surface area contributed by atoms with Crippen molar-refractivity contribution >= 4 is 11.9 Å². The molecular formula is C18H30N4O2. The van der Waals surface area contributed by atoms with Crippen LogP contribution in [0.25, 0.3) is 0 Å². The molecule has 1 aromatic rings. The van der Waals surface area contributed by atoms with E-state index in [4.69, 9.17) is 4.74 Å². The van der Waals surface area contributed by atoms with Gasteiger partial charge < -0.3 is 20.3 Å². The number of hydrogen-bond acceptors (Lipinski definition) is 3. The summed E-state index contributed by atoms with van der Waals surface area (Å²) in [7, 11) is 3.65. The molecule has 0 aliphatic carbocycles. The Morgan fingerprint density at radius 2 is 1.96 bits per heavy atom. The number of guanidine groups is 1. The number of nitrogens with zero attached hydrogens (tertiary/aromatic N) is 2. The van der Waals surface area contributed by atoms with Gasteiger partial charge in [0.1, 0.15) is 5.75 Å². The van der Waals surface area contributed by atoms with Crippen molar-refractivity contribution < 1.29 is 9.53 Å². The van der Waals surface area contributed by atoms with E-state index in [1.807, 2.05) is 57.0 Å². The summed E-state index contributed by atoms with van der Waals surface area (Å²) in [5.41, 5.74) is 1.17. The Morgan fingerprint density at radius 3 is 2.50 bits per heavy atom. The molecule has 6 heteroatoms. The molecule has 1 aromatic carbocycles. The van der Waals surface area contributed by atoms with Crippen LogP contribution in [-0.4, -0.2) is 50.1 Å². The Bertz CT molecular complexity index is 526. The summed E-state index contributed by atoms with van der Waals surface area (Å²) in [5.74, 6) is 1.67. The van der Waals surface area contributed by atoms with Crippen molar-refractivity contribution in [2.75, 3.05) is 27.2 Å². The van der Waals surface area contributed by atoms with Gasteiger partial charge in [-0.25, -0.2) is 0 Å². The largest absolute Gasteiger partial charge is 0.497 e. The lowest BCUT2D eigenvalue weighted by Gasteiger charge is -2.22. The first-order chi connectivity index (χ1) is 11.5. The second-order valence-electron chi connectivity index (χ2n) is 5.91. The number of rotatable bonds is 8. The van der Waals surface area contributed by atoms with Gasteiger partial charge in [-0.2, -0.15) is 0 Å². The van der Waals surface area contributed by atoms with Crippen LogP contribution in [0.2, 0.25) is 0 Å². The Hall–Kier alpha value is -2.24. The van der Waals surface area contributed by atoms with Gasteiger partial charge in [0.2, 0.25) is 5.91 Å². The molecule has 0 aromatic heterocycles. The number of hydrogen-bond donors (Lipinski definition) is 2. The lowest BCUT2D eigenvalue weighted by Crippen LogP contribution is -2.38. The minimum Gasteiger partial charge on any atom is -0.497 e. The Morgan fingerprint density at radius 1 is 1.29 bits per heavy atom. The molecule has 0 heterocycles. The van der Waals surface area contributed by atoms with Gasteiger partial charge in [-0.15, -0.1) is 0 Å². The van der Waals surface area contributed by atoms with Crippen LogP contribution in [0, 0.1) is 0 Å². The summed E-state index contributed by atoms with van der Waals surface area (Å²) in [6.45, 7) is 7.91. The van der Waals surface area contributed by atoms with Crippen molar-refractivity contribution in [1.29, 1.82) is 0 Å². The normalized spacial score (nSPS) is 11.3. The zero-order valence-corrected chi connectivity index (χ0v) is 15.4. The zero-order valence-electron chi connectivity index (χ0n) is 15.4. The van der Waals surface area contributed by atoms with Crippen LogP contribution in [0.15, 0.2) is 29.3 Å². The van der Waals surface area contributed by atoms with E-state index in [0.717, 1.165) is 24.8 Å². The first kappa shape index (κ1) is 19.8. The van der Waals surface area contributed by atoms with Crippen molar-refractivity contribution in [3.8, 4) is 5.75 Å². The first-order valence-corrected chi connectivity index (χ1v) is 8.38. The summed E-state index contributed by atoms with van der Waals surface area (Å²) in [5, 5.41) is 6.13. The van der Waals surface area contributed by atoms with Crippen LogP contribution in [0.5, 0.6) is 5.75 Å². The minimum absolute atomic E-state index is 0.0300. The molecule has 1 rings (SSSR count). The molecule has 0 radical (unpaired) electrons. The molecule has 0 spiro atoms. The minimum atomic E-state index is 0.0300. The molecule has 0 fully saturated rings. The van der Waals surface area contributed by atoms with Gasteiger partial charge in [0.25, 0.3) is 0 Å². The second-order valence-corrected chi connectivity index (χ2v) is 5.91. The average Bonchev–Trinajstić information content (AvgIpc) is 2.54. The third kappa shape index (κ3) is 7.35. The van der Waals surface area contributed by atoms with Crippen LogP contribution in [0.1, 0.15) is 32.8 Å². The monoisotopic (exact) mass is 334 g/mol. The van der Waals surface area contributed by atoms with E-state index in [9.17, 15) is 4.79 Å². The van der Waals surface area contributed by atoms with Gasteiger partial charge >= 0.3 is 0 Å². The second kappa shape index (κ2) is 10.5. The summed E-state index contributed by atoms with van der Waals surface area (Å²) < 4.78 is 5.18. The van der Waals surface area contributed by atoms with E-state index in [1.165, 1.54) is 5.56 Å². The quantitative estimate of drug-likeness (QED) is 0.564. The van der Waals surface area contributed by atoms with Crippen molar-refractivity contribution in [3.05, 3.63) is 29.8 Å². The molecule has 6 nitrogen and oxygen atoms in total. The Balaban J connectivity index is 2.60. The molecular weight excluding hydrogens is 304 g/mol. The number of nitrogens with one attached hydrogen (secondary N) is 2. The van der Waals surface area contributed by atoms with E-state index < -0.39 is 0 Å². The van der Waals surface area contributed by atoms with Crippen LogP contribution >= 0.6 is 0 Å². The lowest BCUT2D eigenvalue weighted by atomic mass is 10.2. The third-order valence-corrected chi connectivity index (χ3v) is 3.33. The molecule has 0 saturated carbocycles. The smallest absolute Gasteiger partial charge is 0.222 e. The van der Waals surface area contributed by atoms with Crippen molar-refractivity contribution in [2.24, 2.45) is 4.99 Å². The molecule has 2 N–H and O–H groups in total. The summed E-state index contributed by atoms with van der Waals surface area (Å²) in [6.07, 6.45) is 0.392. The van der Waals surface area contributed by atoms with Gasteiger partial charge in [0.05, 0.1) is 13.7 Å². The highest BCUT2D eigenvalue weighted by atomic mass is 16.5. The van der Waals surface area contributed by atoms with Crippen LogP contribution < -0.4 is 15.4 Å². The summed E-state index contributed by atoms with van der Waals surface area (Å²) in [6, 6.07) is 8.13. The number of benzene rings is 1. The van der Waals surface area contributed by atoms with Crippen molar-refractivity contribution in [3.63, 3.8) is 0 Å². The molecule has 134 valence electrons. The van der Waals surface area contributed by atoms with E-state index in [-0.39, 0.29) is 11.9 Å². The predicted octanol–water partition coefficient (Wildman–Crippen LogP) is 2.01. The van der Waals surface area contributed by atoms with Gasteiger partial charge in [-0.3, -0.25) is 9.79 Å². The topological polar surface area (TPSA) is 66.0 Å². The molecule has 0 aliphatic rings. The molecule has 24 heavy (non-hydrogen) atoms. The number of carbonyl (C=O) groups excluding carboxylic acids is 1. The third-order valence-electron chi connectivity index (χ3n) is 3.33. The summed E-state index contributed by atoms with van der Waals surface area (Å²) >= 11 is 0. The fourth-order valence-electron chi connectivity index (χ4n) is 2.21. The molecule has 1 amide bonds. The van der Waals surface area contributed by atoms with Gasteiger partial charge in [-0.1, -0.05) is 12.1 Å². The fourth-order valence-corrected chi connectivity index (χ4v) is 2.21. The number of carbonyl (C=O) groups is 1. The maximum atomic E-state index is 11.7. The number of aliphatic imine (C=N–C) groups is 1. The van der Waals surface area contributed by atoms with E-state index in [0.29, 0.717) is 13.0 Å². The maximum Gasteiger partial charge on any atom is 0.222 e. The number of amides is 1. The highest BCUT2D eigenvalue weighted by molar-refractivity contribution is 5.80. The standard InChI is InChI=1S/C18H30N4O2/c1-6-19-18(20-12-11-17(23)21-14(2)3)22(4)13-15-7-9-16(24-5)10-8-15/h7-10,14H,6,11-13H2,1-5H3,(H,19,20)(H,21,23). The highest BCUT2D eigenvalue weighted by Gasteiger charge is 2.08. The van der Waals surface area contributed by atoms with Gasteiger partial charge in [-0.05, 0) is 38.5 Å². The Kier molecular flexibility index (Phi) is 8.68. The number of methoxy groups -OCH3 is 1. The molecule has 0 saturated heterocycles. The van der Waals surface area contributed by atoms with Crippen LogP contribution in [0.3, 0.4) is 0 Å². The highest BCUT2D eigenvalue weighted by Crippen LogP contribution is 2.12. The van der Waals surface area contributed by atoms with Crippen LogP contribution in [-0.2, 0) is 11.3 Å². The van der Waals surface area contributed by atoms with E-state index >= 15 is 0 Å². The van der Waals surface area contributed by atoms with Crippen molar-refractivity contribution in [2.45, 2.75) is 39.8 Å². The van der Waals surface area contributed by atoms with E-state index in [2.05, 4.69) is 15.6 Å². The summed E-state index contributed by atoms with van der Waals surface area (Å²) in [4.78, 5) is 18.3. The van der Waals surface area contributed by atoms with Crippen LogP contribution in [0.4, 0.5) is 0 Å². The maximum absolute atomic E-state index is 11.7. The van der Waals surface area contributed by atoms with Gasteiger partial charge in [0.15, 0.2) is 5.96 Å². The molecule has 0 unspecified atom stereocenters.